The van der Waals surface area contributed by atoms with E-state index >= 15 is 0 Å². The quantitative estimate of drug-likeness (QED) is 0.351. The number of hydrogen-bond donors (Lipinski definition) is 2. The summed E-state index contributed by atoms with van der Waals surface area (Å²) in [7, 11) is 0. The number of carbonyl (C=O) groups is 2. The van der Waals surface area contributed by atoms with Crippen LogP contribution in [0.2, 0.25) is 0 Å². The zero-order chi connectivity index (χ0) is 27.3. The van der Waals surface area contributed by atoms with Crippen LogP contribution in [-0.2, 0) is 17.9 Å². The first-order valence-corrected chi connectivity index (χ1v) is 11.7. The molecule has 0 aromatic carbocycles. The number of amides is 1. The first-order valence-electron chi connectivity index (χ1n) is 11.7. The van der Waals surface area contributed by atoms with E-state index in [0.29, 0.717) is 24.0 Å². The molecule has 0 atom stereocenters. The second-order valence-electron chi connectivity index (χ2n) is 8.74. The number of pyridine rings is 1. The van der Waals surface area contributed by atoms with Crippen molar-refractivity contribution in [1.82, 2.24) is 24.8 Å². The van der Waals surface area contributed by atoms with Crippen molar-refractivity contribution in [2.24, 2.45) is 5.92 Å². The van der Waals surface area contributed by atoms with Gasteiger partial charge in [-0.05, 0) is 56.0 Å². The Morgan fingerprint density at radius 3 is 2.37 bits per heavy atom. The summed E-state index contributed by atoms with van der Waals surface area (Å²) in [5.41, 5.74) is 3.31. The molecule has 0 radical (unpaired) electrons. The van der Waals surface area contributed by atoms with Crippen molar-refractivity contribution in [3.8, 4) is 22.5 Å². The zero-order valence-corrected chi connectivity index (χ0v) is 20.3. The Hall–Kier alpha value is -4.48. The molecule has 0 unspecified atom stereocenters. The maximum atomic E-state index is 12.9. The molecule has 12 heteroatoms. The van der Waals surface area contributed by atoms with Gasteiger partial charge in [0.15, 0.2) is 5.82 Å². The van der Waals surface area contributed by atoms with Gasteiger partial charge in [-0.3, -0.25) is 9.78 Å². The molecular weight excluding hydrogens is 503 g/mol. The standard InChI is InChI=1S/C24H23N5O2.C2HF3O2/c1-16-4-7-21(31-16)13-28-24(30)22-9-19(15-29(22)14-17-5-6-17)20-11-26-23(27-12-20)18-3-2-8-25-10-18;3-2(4,5)1(6)7/h2-4,7-12,15,17H,5-6,13-14H2,1H3,(H,28,30);(H,6,7). The Morgan fingerprint density at radius 2 is 1.82 bits per heavy atom. The largest absolute Gasteiger partial charge is 0.490 e. The van der Waals surface area contributed by atoms with Gasteiger partial charge in [0.2, 0.25) is 0 Å². The molecule has 5 rings (SSSR count). The van der Waals surface area contributed by atoms with E-state index in [4.69, 9.17) is 14.3 Å². The first-order chi connectivity index (χ1) is 18.1. The average molecular weight is 528 g/mol. The second-order valence-corrected chi connectivity index (χ2v) is 8.74. The van der Waals surface area contributed by atoms with Crippen LogP contribution in [0, 0.1) is 12.8 Å². The van der Waals surface area contributed by atoms with Crippen LogP contribution in [0.1, 0.15) is 34.9 Å². The van der Waals surface area contributed by atoms with Gasteiger partial charge < -0.3 is 19.4 Å². The highest BCUT2D eigenvalue weighted by Crippen LogP contribution is 2.32. The molecular formula is C26H24F3N5O4. The Morgan fingerprint density at radius 1 is 1.11 bits per heavy atom. The fraction of sp³-hybridized carbons (Fsp3) is 0.269. The van der Waals surface area contributed by atoms with Crippen molar-refractivity contribution in [1.29, 1.82) is 0 Å². The van der Waals surface area contributed by atoms with Gasteiger partial charge >= 0.3 is 12.1 Å². The van der Waals surface area contributed by atoms with Crippen molar-refractivity contribution in [2.45, 2.75) is 39.0 Å². The van der Waals surface area contributed by atoms with Crippen molar-refractivity contribution in [3.63, 3.8) is 0 Å². The maximum absolute atomic E-state index is 12.9. The lowest BCUT2D eigenvalue weighted by Crippen LogP contribution is -2.25. The number of furan rings is 1. The molecule has 1 aliphatic carbocycles. The third-order valence-corrected chi connectivity index (χ3v) is 5.65. The van der Waals surface area contributed by atoms with E-state index in [-0.39, 0.29) is 5.91 Å². The molecule has 198 valence electrons. The summed E-state index contributed by atoms with van der Waals surface area (Å²) in [6, 6.07) is 9.47. The number of carboxylic acid groups (broad SMARTS) is 1. The summed E-state index contributed by atoms with van der Waals surface area (Å²) in [6.45, 7) is 3.09. The topological polar surface area (TPSA) is 123 Å². The lowest BCUT2D eigenvalue weighted by atomic mass is 10.1. The average Bonchev–Trinajstić information content (AvgIpc) is 3.46. The van der Waals surface area contributed by atoms with Crippen molar-refractivity contribution < 1.29 is 32.3 Å². The molecule has 2 N–H and O–H groups in total. The Kier molecular flexibility index (Phi) is 7.89. The van der Waals surface area contributed by atoms with Gasteiger partial charge in [-0.25, -0.2) is 14.8 Å². The molecule has 0 aliphatic heterocycles. The molecule has 4 heterocycles. The monoisotopic (exact) mass is 527 g/mol. The fourth-order valence-corrected chi connectivity index (χ4v) is 3.55. The van der Waals surface area contributed by atoms with Crippen LogP contribution < -0.4 is 5.32 Å². The molecule has 4 aromatic heterocycles. The van der Waals surface area contributed by atoms with E-state index in [0.717, 1.165) is 34.8 Å². The number of alkyl halides is 3. The third kappa shape index (κ3) is 7.05. The number of hydrogen-bond acceptors (Lipinski definition) is 6. The lowest BCUT2D eigenvalue weighted by molar-refractivity contribution is -0.192. The molecule has 1 saturated carbocycles. The number of aliphatic carboxylic acids is 1. The molecule has 0 spiro atoms. The summed E-state index contributed by atoms with van der Waals surface area (Å²) < 4.78 is 39.3. The highest BCUT2D eigenvalue weighted by atomic mass is 19.4. The van der Waals surface area contributed by atoms with Gasteiger partial charge in [-0.2, -0.15) is 13.2 Å². The predicted octanol–water partition coefficient (Wildman–Crippen LogP) is 4.88. The van der Waals surface area contributed by atoms with Crippen LogP contribution in [-0.4, -0.2) is 42.7 Å². The molecule has 0 saturated heterocycles. The van der Waals surface area contributed by atoms with Crippen LogP contribution in [0.5, 0.6) is 0 Å². The Bertz CT molecular complexity index is 1390. The number of aryl methyl sites for hydroxylation is 1. The van der Waals surface area contributed by atoms with Crippen LogP contribution >= 0.6 is 0 Å². The number of rotatable bonds is 7. The number of nitrogens with zero attached hydrogens (tertiary/aromatic N) is 4. The summed E-state index contributed by atoms with van der Waals surface area (Å²) >= 11 is 0. The van der Waals surface area contributed by atoms with Crippen LogP contribution in [0.3, 0.4) is 0 Å². The van der Waals surface area contributed by atoms with E-state index < -0.39 is 12.1 Å². The smallest absolute Gasteiger partial charge is 0.475 e. The normalized spacial score (nSPS) is 12.9. The molecule has 1 aliphatic rings. The fourth-order valence-electron chi connectivity index (χ4n) is 3.55. The number of aromatic nitrogens is 4. The molecule has 4 aromatic rings. The minimum Gasteiger partial charge on any atom is -0.475 e. The molecule has 38 heavy (non-hydrogen) atoms. The third-order valence-electron chi connectivity index (χ3n) is 5.65. The minimum atomic E-state index is -5.08. The number of carboxylic acids is 1. The predicted molar refractivity (Wildman–Crippen MR) is 130 cm³/mol. The van der Waals surface area contributed by atoms with Crippen LogP contribution in [0.15, 0.2) is 65.7 Å². The van der Waals surface area contributed by atoms with E-state index in [2.05, 4.69) is 20.3 Å². The highest BCUT2D eigenvalue weighted by Gasteiger charge is 2.38. The molecule has 0 bridgehead atoms. The van der Waals surface area contributed by atoms with Gasteiger partial charge in [0.05, 0.1) is 6.54 Å². The van der Waals surface area contributed by atoms with Gasteiger partial charge in [-0.15, -0.1) is 0 Å². The number of carbonyl (C=O) groups excluding carboxylic acids is 1. The van der Waals surface area contributed by atoms with Gasteiger partial charge in [0.25, 0.3) is 5.91 Å². The zero-order valence-electron chi connectivity index (χ0n) is 20.3. The van der Waals surface area contributed by atoms with E-state index in [1.54, 1.807) is 24.8 Å². The van der Waals surface area contributed by atoms with Crippen LogP contribution in [0.4, 0.5) is 13.2 Å². The van der Waals surface area contributed by atoms with Gasteiger partial charge in [-0.1, -0.05) is 0 Å². The summed E-state index contributed by atoms with van der Waals surface area (Å²) in [5, 5.41) is 10.1. The number of nitrogens with one attached hydrogen (secondary N) is 1. The summed E-state index contributed by atoms with van der Waals surface area (Å²) in [6.07, 6.45) is 6.40. The summed E-state index contributed by atoms with van der Waals surface area (Å²) in [4.78, 5) is 34.9. The first kappa shape index (κ1) is 26.6. The summed E-state index contributed by atoms with van der Waals surface area (Å²) in [5.74, 6) is -0.0322. The Balaban J connectivity index is 0.000000426. The van der Waals surface area contributed by atoms with E-state index in [9.17, 15) is 18.0 Å². The van der Waals surface area contributed by atoms with E-state index in [1.165, 1.54) is 12.8 Å². The minimum absolute atomic E-state index is 0.117. The van der Waals surface area contributed by atoms with Crippen molar-refractivity contribution >= 4 is 11.9 Å². The number of halogens is 3. The molecule has 1 amide bonds. The molecule has 1 fully saturated rings. The van der Waals surface area contributed by atoms with Gasteiger partial charge in [0, 0.05) is 54.2 Å². The van der Waals surface area contributed by atoms with Crippen molar-refractivity contribution in [3.05, 3.63) is 78.5 Å². The van der Waals surface area contributed by atoms with Gasteiger partial charge in [0.1, 0.15) is 17.2 Å². The highest BCUT2D eigenvalue weighted by molar-refractivity contribution is 5.94. The SMILES string of the molecule is Cc1ccc(CNC(=O)c2cc(-c3cnc(-c4cccnc4)nc3)cn2CC2CC2)o1.O=C(O)C(F)(F)F. The molecule has 9 nitrogen and oxygen atoms in total. The Labute approximate surface area is 215 Å². The lowest BCUT2D eigenvalue weighted by Gasteiger charge is -2.08. The van der Waals surface area contributed by atoms with Crippen LogP contribution in [0.25, 0.3) is 22.5 Å². The second kappa shape index (κ2) is 11.3. The van der Waals surface area contributed by atoms with E-state index in [1.807, 2.05) is 48.0 Å². The maximum Gasteiger partial charge on any atom is 0.490 e. The van der Waals surface area contributed by atoms with Crippen molar-refractivity contribution in [2.75, 3.05) is 0 Å².